The maximum Gasteiger partial charge on any atom is 0.220 e. The highest BCUT2D eigenvalue weighted by Gasteiger charge is 2.51. The molecule has 0 bridgehead atoms. The van der Waals surface area contributed by atoms with Crippen LogP contribution in [0.15, 0.2) is 85.1 Å². The minimum Gasteiger partial charge on any atom is -0.394 e. The van der Waals surface area contributed by atoms with E-state index in [0.29, 0.717) is 12.8 Å². The number of unbranched alkanes of at least 4 members (excludes halogenated alkanes) is 34. The van der Waals surface area contributed by atoms with Crippen molar-refractivity contribution in [3.8, 4) is 0 Å². The summed E-state index contributed by atoms with van der Waals surface area (Å²) in [5.41, 5.74) is 0. The number of rotatable bonds is 61. The molecule has 2 aliphatic rings. The van der Waals surface area contributed by atoms with Crippen LogP contribution in [-0.4, -0.2) is 140 Å². The van der Waals surface area contributed by atoms with Gasteiger partial charge in [0.15, 0.2) is 12.6 Å². The Kier molecular flexibility index (Phi) is 56.3. The number of aliphatic hydroxyl groups is 8. The van der Waals surface area contributed by atoms with Crippen molar-refractivity contribution in [2.24, 2.45) is 0 Å². The van der Waals surface area contributed by atoms with Gasteiger partial charge in [-0.15, -0.1) is 0 Å². The molecule has 0 aromatic heterocycles. The third-order valence-electron chi connectivity index (χ3n) is 17.9. The van der Waals surface area contributed by atoms with Crippen LogP contribution >= 0.6 is 0 Å². The number of carbonyl (C=O) groups excluding carboxylic acids is 1. The molecular weight excluding hydrogens is 1150 g/mol. The SMILES string of the molecule is CC/C=C\C/C=C\C/C=C\C/C=C\C/C=C\C/C=C\C/C=C\CCCCCCCCCCCCCCCCCC(=O)NC(COC1OC(CO)C(OC2OC(CO)C(O)C(O)C2O)C(O)C1O)C(O)CCCCCCCCCCCCCCCCCCCCCC. The number of hydrogen-bond acceptors (Lipinski definition) is 13. The van der Waals surface area contributed by atoms with Gasteiger partial charge in [0.1, 0.15) is 48.8 Å². The summed E-state index contributed by atoms with van der Waals surface area (Å²) in [5, 5.41) is 87.7. The van der Waals surface area contributed by atoms with Gasteiger partial charge in [0.05, 0.1) is 32.0 Å². The fraction of sp³-hybridized carbons (Fsp3) is 0.805. The van der Waals surface area contributed by atoms with E-state index in [9.17, 15) is 45.6 Å². The van der Waals surface area contributed by atoms with Gasteiger partial charge >= 0.3 is 0 Å². The van der Waals surface area contributed by atoms with E-state index in [1.165, 1.54) is 180 Å². The lowest BCUT2D eigenvalue weighted by Gasteiger charge is -2.46. The molecule has 2 heterocycles. The van der Waals surface area contributed by atoms with Crippen molar-refractivity contribution < 1.29 is 64.6 Å². The van der Waals surface area contributed by atoms with Crippen LogP contribution < -0.4 is 5.32 Å². The van der Waals surface area contributed by atoms with Crippen LogP contribution in [0.3, 0.4) is 0 Å². The molecule has 2 saturated heterocycles. The van der Waals surface area contributed by atoms with Gasteiger partial charge in [0, 0.05) is 6.42 Å². The maximum atomic E-state index is 13.4. The molecule has 0 aromatic rings. The predicted octanol–water partition coefficient (Wildman–Crippen LogP) is 16.0. The Hall–Kier alpha value is -2.83. The van der Waals surface area contributed by atoms with Gasteiger partial charge in [-0.2, -0.15) is 0 Å². The Labute approximate surface area is 554 Å². The van der Waals surface area contributed by atoms with E-state index in [2.05, 4.69) is 104 Å². The van der Waals surface area contributed by atoms with E-state index < -0.39 is 86.8 Å². The van der Waals surface area contributed by atoms with E-state index in [1.54, 1.807) is 0 Å². The molecular formula is C77H137NO13. The molecule has 0 saturated carbocycles. The molecule has 528 valence electrons. The highest BCUT2D eigenvalue weighted by molar-refractivity contribution is 5.76. The number of amides is 1. The molecule has 0 spiro atoms. The fourth-order valence-corrected chi connectivity index (χ4v) is 12.0. The summed E-state index contributed by atoms with van der Waals surface area (Å²) in [6.45, 7) is 2.78. The van der Waals surface area contributed by atoms with Gasteiger partial charge < -0.3 is 65.1 Å². The number of nitrogens with one attached hydrogen (secondary N) is 1. The maximum absolute atomic E-state index is 13.4. The number of aliphatic hydroxyl groups excluding tert-OH is 8. The molecule has 14 nitrogen and oxygen atoms in total. The second-order valence-corrected chi connectivity index (χ2v) is 26.0. The Balaban J connectivity index is 1.61. The first kappa shape index (κ1) is 84.3. The van der Waals surface area contributed by atoms with Crippen LogP contribution in [0.1, 0.15) is 303 Å². The smallest absolute Gasteiger partial charge is 0.220 e. The van der Waals surface area contributed by atoms with Crippen LogP contribution in [0.4, 0.5) is 0 Å². The van der Waals surface area contributed by atoms with Crippen LogP contribution in [0.5, 0.6) is 0 Å². The molecule has 9 N–H and O–H groups in total. The van der Waals surface area contributed by atoms with Crippen LogP contribution in [0.25, 0.3) is 0 Å². The zero-order chi connectivity index (χ0) is 65.9. The number of hydrogen-bond donors (Lipinski definition) is 9. The molecule has 0 aromatic carbocycles. The molecule has 91 heavy (non-hydrogen) atoms. The third kappa shape index (κ3) is 44.5. The Morgan fingerprint density at radius 1 is 0.407 bits per heavy atom. The van der Waals surface area contributed by atoms with Gasteiger partial charge in [-0.05, 0) is 70.6 Å². The van der Waals surface area contributed by atoms with E-state index in [4.69, 9.17) is 18.9 Å². The van der Waals surface area contributed by atoms with E-state index in [1.807, 2.05) is 0 Å². The standard InChI is InChI=1S/C77H137NO13/c1-3-5-7-9-11-13-15-17-19-21-23-25-26-27-28-29-30-31-32-33-34-35-36-37-38-39-40-41-43-45-47-49-51-53-55-57-59-61-69(82)78-65(66(81)60-58-56-54-52-50-48-46-44-42-24-22-20-18-16-14-12-10-8-6-4-2)64-88-76-74(87)72(85)75(68(63-80)90-76)91-77-73(86)71(84)70(83)67(62-79)89-77/h5,7,11,13,17,19,23,25,27-28,30-31,33-34,65-68,70-77,79-81,83-87H,3-4,6,8-10,12,14-16,18,20-22,24,26,29,32,35-64H2,1-2H3,(H,78,82)/b7-5-,13-11-,19-17-,25-23-,28-27-,31-30-,34-33-. The fourth-order valence-electron chi connectivity index (χ4n) is 12.0. The lowest BCUT2D eigenvalue weighted by atomic mass is 9.97. The highest BCUT2D eigenvalue weighted by Crippen LogP contribution is 2.30. The molecule has 12 unspecified atom stereocenters. The number of allylic oxidation sites excluding steroid dienone is 14. The van der Waals surface area contributed by atoms with Crippen molar-refractivity contribution in [1.82, 2.24) is 5.32 Å². The van der Waals surface area contributed by atoms with Crippen LogP contribution in [0, 0.1) is 0 Å². The van der Waals surface area contributed by atoms with Crippen molar-refractivity contribution in [3.05, 3.63) is 85.1 Å². The molecule has 1 amide bonds. The summed E-state index contributed by atoms with van der Waals surface area (Å²) < 4.78 is 22.9. The lowest BCUT2D eigenvalue weighted by molar-refractivity contribution is -0.359. The average Bonchev–Trinajstić information content (AvgIpc) is 1.04. The molecule has 2 rings (SSSR count). The van der Waals surface area contributed by atoms with Crippen LogP contribution in [0.2, 0.25) is 0 Å². The molecule has 2 aliphatic heterocycles. The minimum atomic E-state index is -1.79. The quantitative estimate of drug-likeness (QED) is 0.0204. The summed E-state index contributed by atoms with van der Waals surface area (Å²) in [6.07, 6.45) is 67.4. The predicted molar refractivity (Wildman–Crippen MR) is 373 cm³/mol. The van der Waals surface area contributed by atoms with Gasteiger partial charge in [-0.3, -0.25) is 4.79 Å². The molecule has 14 heteroatoms. The minimum absolute atomic E-state index is 0.205. The summed E-state index contributed by atoms with van der Waals surface area (Å²) in [4.78, 5) is 13.4. The van der Waals surface area contributed by atoms with Gasteiger partial charge in [0.25, 0.3) is 0 Å². The summed E-state index contributed by atoms with van der Waals surface area (Å²) in [5.74, 6) is -0.205. The van der Waals surface area contributed by atoms with Crippen molar-refractivity contribution in [3.63, 3.8) is 0 Å². The Morgan fingerprint density at radius 2 is 0.758 bits per heavy atom. The van der Waals surface area contributed by atoms with Crippen molar-refractivity contribution in [2.75, 3.05) is 19.8 Å². The third-order valence-corrected chi connectivity index (χ3v) is 17.9. The molecule has 0 aliphatic carbocycles. The second kappa shape index (κ2) is 60.8. The molecule has 2 fully saturated rings. The first-order valence-corrected chi connectivity index (χ1v) is 37.3. The van der Waals surface area contributed by atoms with Gasteiger partial charge in [-0.25, -0.2) is 0 Å². The first-order valence-electron chi connectivity index (χ1n) is 37.3. The number of carbonyl (C=O) groups is 1. The number of ether oxygens (including phenoxy) is 4. The zero-order valence-corrected chi connectivity index (χ0v) is 57.6. The Morgan fingerprint density at radius 3 is 1.16 bits per heavy atom. The highest BCUT2D eigenvalue weighted by atomic mass is 16.7. The monoisotopic (exact) mass is 1280 g/mol. The van der Waals surface area contributed by atoms with Crippen molar-refractivity contribution in [2.45, 2.75) is 376 Å². The van der Waals surface area contributed by atoms with Crippen molar-refractivity contribution >= 4 is 5.91 Å². The van der Waals surface area contributed by atoms with Gasteiger partial charge in [-0.1, -0.05) is 311 Å². The lowest BCUT2D eigenvalue weighted by Crippen LogP contribution is -2.65. The Bertz CT molecular complexity index is 1850. The van der Waals surface area contributed by atoms with E-state index >= 15 is 0 Å². The van der Waals surface area contributed by atoms with Crippen LogP contribution in [-0.2, 0) is 23.7 Å². The summed E-state index contributed by atoms with van der Waals surface area (Å²) in [7, 11) is 0. The summed E-state index contributed by atoms with van der Waals surface area (Å²) in [6, 6.07) is -0.833. The average molecular weight is 1280 g/mol. The van der Waals surface area contributed by atoms with Crippen molar-refractivity contribution in [1.29, 1.82) is 0 Å². The van der Waals surface area contributed by atoms with Gasteiger partial charge in [0.2, 0.25) is 5.91 Å². The topological polar surface area (TPSA) is 228 Å². The zero-order valence-electron chi connectivity index (χ0n) is 57.6. The molecule has 0 radical (unpaired) electrons. The first-order chi connectivity index (χ1) is 44.6. The van der Waals surface area contributed by atoms with E-state index in [0.717, 1.165) is 96.3 Å². The summed E-state index contributed by atoms with van der Waals surface area (Å²) >= 11 is 0. The largest absolute Gasteiger partial charge is 0.394 e. The second-order valence-electron chi connectivity index (χ2n) is 26.0. The normalized spacial score (nSPS) is 23.3. The molecule has 12 atom stereocenters. The van der Waals surface area contributed by atoms with E-state index in [-0.39, 0.29) is 12.5 Å².